The van der Waals surface area contributed by atoms with E-state index < -0.39 is 11.8 Å². The van der Waals surface area contributed by atoms with Crippen molar-refractivity contribution in [2.45, 2.75) is 6.42 Å². The van der Waals surface area contributed by atoms with Crippen molar-refractivity contribution >= 4 is 17.7 Å². The van der Waals surface area contributed by atoms with E-state index in [1.54, 1.807) is 24.3 Å². The third-order valence-corrected chi connectivity index (χ3v) is 2.93. The van der Waals surface area contributed by atoms with Crippen molar-refractivity contribution in [3.05, 3.63) is 66.0 Å². The number of hydrogen-bond donors (Lipinski definition) is 3. The number of pyridine rings is 1. The summed E-state index contributed by atoms with van der Waals surface area (Å²) in [5.74, 6) is -1.09. The lowest BCUT2D eigenvalue weighted by Gasteiger charge is -2.08. The normalized spacial score (nSPS) is 9.74. The molecule has 118 valence electrons. The number of benzene rings is 1. The van der Waals surface area contributed by atoms with Gasteiger partial charge in [0, 0.05) is 36.5 Å². The van der Waals surface area contributed by atoms with Gasteiger partial charge in [-0.1, -0.05) is 18.2 Å². The maximum Gasteiger partial charge on any atom is 0.269 e. The first-order valence-corrected chi connectivity index (χ1v) is 6.99. The van der Waals surface area contributed by atoms with Gasteiger partial charge in [-0.15, -0.1) is 0 Å². The van der Waals surface area contributed by atoms with Crippen molar-refractivity contribution in [2.75, 3.05) is 6.54 Å². The van der Waals surface area contributed by atoms with E-state index in [0.29, 0.717) is 11.1 Å². The van der Waals surface area contributed by atoms with Gasteiger partial charge in [-0.25, -0.2) is 0 Å². The van der Waals surface area contributed by atoms with Crippen LogP contribution in [0.25, 0.3) is 0 Å². The van der Waals surface area contributed by atoms with Crippen LogP contribution < -0.4 is 16.2 Å². The van der Waals surface area contributed by atoms with Crippen LogP contribution in [0.3, 0.4) is 0 Å². The standard InChI is InChI=1S/C16H16N4O3/c21-14(19-20-16(23)13-6-9-17-10-7-13)8-11-18-15(22)12-4-2-1-3-5-12/h1-7,9-10H,8,11H2,(H,18,22)(H,19,21)(H,20,23). The van der Waals surface area contributed by atoms with E-state index in [1.165, 1.54) is 24.5 Å². The van der Waals surface area contributed by atoms with Gasteiger partial charge in [0.15, 0.2) is 0 Å². The Labute approximate surface area is 133 Å². The summed E-state index contributed by atoms with van der Waals surface area (Å²) in [6, 6.07) is 11.8. The molecule has 0 radical (unpaired) electrons. The number of hydrogen-bond acceptors (Lipinski definition) is 4. The number of aromatic nitrogens is 1. The lowest BCUT2D eigenvalue weighted by atomic mass is 10.2. The summed E-state index contributed by atoms with van der Waals surface area (Å²) < 4.78 is 0. The summed E-state index contributed by atoms with van der Waals surface area (Å²) in [6.45, 7) is 0.171. The highest BCUT2D eigenvalue weighted by Gasteiger charge is 2.08. The average molecular weight is 312 g/mol. The molecule has 3 amide bonds. The molecule has 3 N–H and O–H groups in total. The summed E-state index contributed by atoms with van der Waals surface area (Å²) in [5, 5.41) is 2.63. The minimum atomic E-state index is -0.436. The van der Waals surface area contributed by atoms with Crippen LogP contribution in [0.5, 0.6) is 0 Å². The highest BCUT2D eigenvalue weighted by atomic mass is 16.2. The molecule has 0 aliphatic heterocycles. The van der Waals surface area contributed by atoms with E-state index in [9.17, 15) is 14.4 Å². The first-order chi connectivity index (χ1) is 11.2. The predicted octanol–water partition coefficient (Wildman–Crippen LogP) is 0.663. The van der Waals surface area contributed by atoms with Crippen LogP contribution >= 0.6 is 0 Å². The number of carbonyl (C=O) groups excluding carboxylic acids is 3. The molecule has 0 saturated carbocycles. The molecule has 0 aliphatic carbocycles. The van der Waals surface area contributed by atoms with Crippen molar-refractivity contribution in [2.24, 2.45) is 0 Å². The van der Waals surface area contributed by atoms with Crippen molar-refractivity contribution in [3.8, 4) is 0 Å². The van der Waals surface area contributed by atoms with Crippen LogP contribution in [0, 0.1) is 0 Å². The van der Waals surface area contributed by atoms with Gasteiger partial charge in [-0.2, -0.15) is 0 Å². The summed E-state index contributed by atoms with van der Waals surface area (Å²) >= 11 is 0. The van der Waals surface area contributed by atoms with Gasteiger partial charge in [0.25, 0.3) is 11.8 Å². The zero-order valence-corrected chi connectivity index (χ0v) is 12.3. The monoisotopic (exact) mass is 312 g/mol. The van der Waals surface area contributed by atoms with E-state index in [4.69, 9.17) is 0 Å². The third-order valence-electron chi connectivity index (χ3n) is 2.93. The van der Waals surface area contributed by atoms with Gasteiger partial charge >= 0.3 is 0 Å². The Morgan fingerprint density at radius 3 is 2.17 bits per heavy atom. The van der Waals surface area contributed by atoms with Crippen LogP contribution in [0.2, 0.25) is 0 Å². The summed E-state index contributed by atoms with van der Waals surface area (Å²) in [6.07, 6.45) is 3.01. The fraction of sp³-hybridized carbons (Fsp3) is 0.125. The smallest absolute Gasteiger partial charge is 0.269 e. The van der Waals surface area contributed by atoms with Gasteiger partial charge < -0.3 is 5.32 Å². The molecule has 7 nitrogen and oxygen atoms in total. The summed E-state index contributed by atoms with van der Waals surface area (Å²) in [5.41, 5.74) is 5.49. The van der Waals surface area contributed by atoms with Crippen molar-refractivity contribution < 1.29 is 14.4 Å². The third kappa shape index (κ3) is 5.24. The van der Waals surface area contributed by atoms with Crippen molar-refractivity contribution in [1.82, 2.24) is 21.2 Å². The highest BCUT2D eigenvalue weighted by molar-refractivity contribution is 5.95. The molecular weight excluding hydrogens is 296 g/mol. The molecule has 0 aliphatic rings. The molecule has 0 atom stereocenters. The molecule has 1 heterocycles. The highest BCUT2D eigenvalue weighted by Crippen LogP contribution is 1.97. The second kappa shape index (κ2) is 8.28. The number of nitrogens with zero attached hydrogens (tertiary/aromatic N) is 1. The molecule has 1 aromatic heterocycles. The summed E-state index contributed by atoms with van der Waals surface area (Å²) in [7, 11) is 0. The molecule has 2 rings (SSSR count). The molecular formula is C16H16N4O3. The SMILES string of the molecule is O=C(CCNC(=O)c1ccccc1)NNC(=O)c1ccncc1. The Bertz CT molecular complexity index is 674. The summed E-state index contributed by atoms with van der Waals surface area (Å²) in [4.78, 5) is 38.9. The molecule has 0 bridgehead atoms. The van der Waals surface area contributed by atoms with E-state index in [1.807, 2.05) is 6.07 Å². The molecule has 0 saturated heterocycles. The van der Waals surface area contributed by atoms with E-state index in [-0.39, 0.29) is 18.9 Å². The molecule has 23 heavy (non-hydrogen) atoms. The van der Waals surface area contributed by atoms with Gasteiger partial charge in [-0.05, 0) is 24.3 Å². The van der Waals surface area contributed by atoms with E-state index in [0.717, 1.165) is 0 Å². The number of amides is 3. The van der Waals surface area contributed by atoms with Crippen LogP contribution in [0.4, 0.5) is 0 Å². The van der Waals surface area contributed by atoms with Crippen molar-refractivity contribution in [3.63, 3.8) is 0 Å². The molecule has 7 heteroatoms. The van der Waals surface area contributed by atoms with Gasteiger partial charge in [0.2, 0.25) is 5.91 Å². The van der Waals surface area contributed by atoms with Crippen LogP contribution in [-0.4, -0.2) is 29.3 Å². The lowest BCUT2D eigenvalue weighted by molar-refractivity contribution is -0.121. The van der Waals surface area contributed by atoms with Gasteiger partial charge in [-0.3, -0.25) is 30.2 Å². The predicted molar refractivity (Wildman–Crippen MR) is 83.2 cm³/mol. The molecule has 2 aromatic rings. The van der Waals surface area contributed by atoms with Crippen molar-refractivity contribution in [1.29, 1.82) is 0 Å². The Morgan fingerprint density at radius 1 is 0.826 bits per heavy atom. The number of nitrogens with one attached hydrogen (secondary N) is 3. The fourth-order valence-corrected chi connectivity index (χ4v) is 1.75. The van der Waals surface area contributed by atoms with Crippen LogP contribution in [0.1, 0.15) is 27.1 Å². The minimum Gasteiger partial charge on any atom is -0.352 e. The first-order valence-electron chi connectivity index (χ1n) is 6.99. The Morgan fingerprint density at radius 2 is 1.48 bits per heavy atom. The zero-order chi connectivity index (χ0) is 16.5. The maximum atomic E-state index is 11.8. The first kappa shape index (κ1) is 16.2. The second-order valence-electron chi connectivity index (χ2n) is 4.61. The minimum absolute atomic E-state index is 0.0508. The topological polar surface area (TPSA) is 100 Å². The van der Waals surface area contributed by atoms with Gasteiger partial charge in [0.1, 0.15) is 0 Å². The lowest BCUT2D eigenvalue weighted by Crippen LogP contribution is -2.42. The number of hydrazine groups is 1. The van der Waals surface area contributed by atoms with E-state index in [2.05, 4.69) is 21.2 Å². The number of rotatable bonds is 5. The average Bonchev–Trinajstić information content (AvgIpc) is 2.61. The quantitative estimate of drug-likeness (QED) is 0.706. The molecule has 0 spiro atoms. The molecule has 1 aromatic carbocycles. The Kier molecular flexibility index (Phi) is 5.81. The Hall–Kier alpha value is -3.22. The van der Waals surface area contributed by atoms with Crippen LogP contribution in [0.15, 0.2) is 54.9 Å². The largest absolute Gasteiger partial charge is 0.352 e. The van der Waals surface area contributed by atoms with Crippen LogP contribution in [-0.2, 0) is 4.79 Å². The molecule has 0 unspecified atom stereocenters. The molecule has 0 fully saturated rings. The zero-order valence-electron chi connectivity index (χ0n) is 12.3. The van der Waals surface area contributed by atoms with E-state index >= 15 is 0 Å². The fourth-order valence-electron chi connectivity index (χ4n) is 1.75. The second-order valence-corrected chi connectivity index (χ2v) is 4.61. The Balaban J connectivity index is 1.67. The number of carbonyl (C=O) groups is 3. The maximum absolute atomic E-state index is 11.8. The van der Waals surface area contributed by atoms with Gasteiger partial charge in [0.05, 0.1) is 0 Å².